The third-order valence-electron chi connectivity index (χ3n) is 3.62. The van der Waals surface area contributed by atoms with E-state index >= 15 is 0 Å². The van der Waals surface area contributed by atoms with E-state index in [0.717, 1.165) is 36.7 Å². The Morgan fingerprint density at radius 3 is 2.72 bits per heavy atom. The predicted molar refractivity (Wildman–Crippen MR) is 76.3 cm³/mol. The zero-order valence-corrected chi connectivity index (χ0v) is 12.2. The lowest BCUT2D eigenvalue weighted by molar-refractivity contribution is 0.171. The number of methoxy groups -OCH3 is 1. The molecule has 1 aromatic rings. The Hall–Kier alpha value is -0.280. The number of ether oxygens (including phenoxy) is 1. The molecule has 0 spiro atoms. The molecule has 100 valence electrons. The van der Waals surface area contributed by atoms with Gasteiger partial charge in [-0.05, 0) is 42.4 Å². The molecule has 2 rings (SSSR count). The van der Waals surface area contributed by atoms with E-state index in [1.165, 1.54) is 12.8 Å². The van der Waals surface area contributed by atoms with Crippen molar-refractivity contribution < 1.29 is 4.74 Å². The van der Waals surface area contributed by atoms with Crippen LogP contribution in [0, 0.1) is 5.41 Å². The van der Waals surface area contributed by atoms with Gasteiger partial charge in [0.05, 0.1) is 0 Å². The maximum absolute atomic E-state index is 6.13. The Kier molecular flexibility index (Phi) is 4.91. The van der Waals surface area contributed by atoms with Crippen molar-refractivity contribution in [2.24, 2.45) is 5.41 Å². The molecule has 0 aromatic heterocycles. The number of benzene rings is 1. The quantitative estimate of drug-likeness (QED) is 0.821. The average molecular weight is 288 g/mol. The molecule has 0 radical (unpaired) electrons. The Bertz CT molecular complexity index is 405. The van der Waals surface area contributed by atoms with Crippen LogP contribution in [0.2, 0.25) is 10.0 Å². The molecule has 1 fully saturated rings. The SMILES string of the molecule is COCCC1(CNCc2ccc(Cl)cc2Cl)CC1. The molecule has 1 saturated carbocycles. The van der Waals surface area contributed by atoms with Gasteiger partial charge >= 0.3 is 0 Å². The summed E-state index contributed by atoms with van der Waals surface area (Å²) in [6, 6.07) is 5.65. The van der Waals surface area contributed by atoms with E-state index in [0.29, 0.717) is 10.4 Å². The summed E-state index contributed by atoms with van der Waals surface area (Å²) < 4.78 is 5.15. The van der Waals surface area contributed by atoms with Crippen LogP contribution in [0.1, 0.15) is 24.8 Å². The van der Waals surface area contributed by atoms with Crippen LogP contribution in [0.3, 0.4) is 0 Å². The van der Waals surface area contributed by atoms with Gasteiger partial charge in [0.25, 0.3) is 0 Å². The summed E-state index contributed by atoms with van der Waals surface area (Å²) in [6.45, 7) is 2.68. The molecule has 0 aliphatic heterocycles. The van der Waals surface area contributed by atoms with Crippen LogP contribution in [0.25, 0.3) is 0 Å². The Labute approximate surface area is 119 Å². The highest BCUT2D eigenvalue weighted by Gasteiger charge is 2.41. The maximum Gasteiger partial charge on any atom is 0.0468 e. The molecule has 1 aliphatic carbocycles. The number of rotatable bonds is 7. The smallest absolute Gasteiger partial charge is 0.0468 e. The summed E-state index contributed by atoms with van der Waals surface area (Å²) in [5, 5.41) is 4.91. The van der Waals surface area contributed by atoms with Crippen molar-refractivity contribution in [1.29, 1.82) is 0 Å². The second-order valence-corrected chi connectivity index (χ2v) is 5.93. The minimum absolute atomic E-state index is 0.467. The zero-order valence-electron chi connectivity index (χ0n) is 10.6. The first kappa shape index (κ1) is 14.1. The Balaban J connectivity index is 1.78. The van der Waals surface area contributed by atoms with Gasteiger partial charge in [0.15, 0.2) is 0 Å². The molecular weight excluding hydrogens is 269 g/mol. The third-order valence-corrected chi connectivity index (χ3v) is 4.21. The van der Waals surface area contributed by atoms with E-state index in [9.17, 15) is 0 Å². The Morgan fingerprint density at radius 1 is 1.33 bits per heavy atom. The van der Waals surface area contributed by atoms with Crippen LogP contribution >= 0.6 is 23.2 Å². The van der Waals surface area contributed by atoms with Crippen molar-refractivity contribution in [3.8, 4) is 0 Å². The first-order valence-corrected chi connectivity index (χ1v) is 7.04. The third kappa shape index (κ3) is 3.86. The van der Waals surface area contributed by atoms with Crippen molar-refractivity contribution in [2.45, 2.75) is 25.8 Å². The van der Waals surface area contributed by atoms with Gasteiger partial charge in [0.1, 0.15) is 0 Å². The Morgan fingerprint density at radius 2 is 2.11 bits per heavy atom. The summed E-state index contributed by atoms with van der Waals surface area (Å²) in [7, 11) is 1.76. The fourth-order valence-electron chi connectivity index (χ4n) is 2.14. The lowest BCUT2D eigenvalue weighted by Crippen LogP contribution is -2.24. The van der Waals surface area contributed by atoms with Crippen LogP contribution < -0.4 is 5.32 Å². The lowest BCUT2D eigenvalue weighted by Gasteiger charge is -2.16. The van der Waals surface area contributed by atoms with Crippen LogP contribution in [0.15, 0.2) is 18.2 Å². The largest absolute Gasteiger partial charge is 0.385 e. The van der Waals surface area contributed by atoms with Gasteiger partial charge in [-0.2, -0.15) is 0 Å². The van der Waals surface area contributed by atoms with E-state index in [1.54, 1.807) is 13.2 Å². The molecule has 0 heterocycles. The van der Waals surface area contributed by atoms with E-state index in [-0.39, 0.29) is 0 Å². The van der Waals surface area contributed by atoms with Crippen molar-refractivity contribution >= 4 is 23.2 Å². The van der Waals surface area contributed by atoms with E-state index in [1.807, 2.05) is 12.1 Å². The summed E-state index contributed by atoms with van der Waals surface area (Å²) in [5.74, 6) is 0. The van der Waals surface area contributed by atoms with Crippen LogP contribution in [0.4, 0.5) is 0 Å². The van der Waals surface area contributed by atoms with Gasteiger partial charge < -0.3 is 10.1 Å². The number of hydrogen-bond acceptors (Lipinski definition) is 2. The molecule has 18 heavy (non-hydrogen) atoms. The molecule has 1 aliphatic rings. The van der Waals surface area contributed by atoms with Crippen LogP contribution in [0.5, 0.6) is 0 Å². The highest BCUT2D eigenvalue weighted by atomic mass is 35.5. The summed E-state index contributed by atoms with van der Waals surface area (Å²) >= 11 is 12.0. The van der Waals surface area contributed by atoms with Gasteiger partial charge in [-0.3, -0.25) is 0 Å². The van der Waals surface area contributed by atoms with E-state index in [2.05, 4.69) is 5.32 Å². The topological polar surface area (TPSA) is 21.3 Å². The lowest BCUT2D eigenvalue weighted by atomic mass is 10.0. The zero-order chi connectivity index (χ0) is 13.0. The number of hydrogen-bond donors (Lipinski definition) is 1. The van der Waals surface area contributed by atoms with Gasteiger partial charge in [0.2, 0.25) is 0 Å². The van der Waals surface area contributed by atoms with Crippen molar-refractivity contribution in [3.05, 3.63) is 33.8 Å². The van der Waals surface area contributed by atoms with Gasteiger partial charge in [0, 0.05) is 36.9 Å². The molecule has 0 amide bonds. The fraction of sp³-hybridized carbons (Fsp3) is 0.571. The summed E-state index contributed by atoms with van der Waals surface area (Å²) in [4.78, 5) is 0. The minimum Gasteiger partial charge on any atom is -0.385 e. The van der Waals surface area contributed by atoms with Crippen molar-refractivity contribution in [3.63, 3.8) is 0 Å². The molecular formula is C14H19Cl2NO. The average Bonchev–Trinajstić information content (AvgIpc) is 3.10. The van der Waals surface area contributed by atoms with E-state index < -0.39 is 0 Å². The van der Waals surface area contributed by atoms with Crippen molar-refractivity contribution in [2.75, 3.05) is 20.3 Å². The second-order valence-electron chi connectivity index (χ2n) is 5.08. The second kappa shape index (κ2) is 6.25. The molecule has 0 bridgehead atoms. The minimum atomic E-state index is 0.467. The molecule has 2 nitrogen and oxygen atoms in total. The number of halogens is 2. The highest BCUT2D eigenvalue weighted by Crippen LogP contribution is 2.48. The molecule has 4 heteroatoms. The summed E-state index contributed by atoms with van der Waals surface area (Å²) in [5.41, 5.74) is 1.57. The monoisotopic (exact) mass is 287 g/mol. The first-order valence-electron chi connectivity index (χ1n) is 6.29. The van der Waals surface area contributed by atoms with Gasteiger partial charge in [-0.1, -0.05) is 29.3 Å². The molecule has 1 N–H and O–H groups in total. The summed E-state index contributed by atoms with van der Waals surface area (Å²) in [6.07, 6.45) is 3.75. The van der Waals surface area contributed by atoms with Crippen molar-refractivity contribution in [1.82, 2.24) is 5.32 Å². The van der Waals surface area contributed by atoms with Gasteiger partial charge in [-0.25, -0.2) is 0 Å². The molecule has 0 saturated heterocycles. The molecule has 0 atom stereocenters. The van der Waals surface area contributed by atoms with Crippen LogP contribution in [-0.2, 0) is 11.3 Å². The fourth-order valence-corrected chi connectivity index (χ4v) is 2.61. The number of nitrogens with one attached hydrogen (secondary N) is 1. The molecule has 0 unspecified atom stereocenters. The highest BCUT2D eigenvalue weighted by molar-refractivity contribution is 6.35. The maximum atomic E-state index is 6.13. The normalized spacial score (nSPS) is 16.8. The first-order chi connectivity index (χ1) is 8.65. The predicted octanol–water partition coefficient (Wildman–Crippen LogP) is 3.90. The van der Waals surface area contributed by atoms with E-state index in [4.69, 9.17) is 27.9 Å². The molecule has 1 aromatic carbocycles. The standard InChI is InChI=1S/C14H19Cl2NO/c1-18-7-6-14(4-5-14)10-17-9-11-2-3-12(15)8-13(11)16/h2-3,8,17H,4-7,9-10H2,1H3. The van der Waals surface area contributed by atoms with Gasteiger partial charge in [-0.15, -0.1) is 0 Å². The van der Waals surface area contributed by atoms with Crippen LogP contribution in [-0.4, -0.2) is 20.3 Å².